The van der Waals surface area contributed by atoms with Gasteiger partial charge in [0.05, 0.1) is 6.04 Å². The molecule has 6 heteroatoms. The fraction of sp³-hybridized carbons (Fsp3) is 0.474. The fourth-order valence-electron chi connectivity index (χ4n) is 3.73. The molecule has 0 radical (unpaired) electrons. The number of carbonyl (C=O) groups excluding carboxylic acids is 1. The standard InChI is InChI=1S/C19H24N4OS/c1-14(22-8-10-23(11-9-22)19-20-7-12-25-19)18(24)21-17-6-5-15-3-2-4-16(15)13-17/h5-7,12-14H,2-4,8-11H2,1H3,(H,21,24). The highest BCUT2D eigenvalue weighted by Crippen LogP contribution is 2.25. The fourth-order valence-corrected chi connectivity index (χ4v) is 4.43. The van der Waals surface area contributed by atoms with E-state index in [-0.39, 0.29) is 11.9 Å². The van der Waals surface area contributed by atoms with Crippen molar-refractivity contribution in [3.05, 3.63) is 40.9 Å². The van der Waals surface area contributed by atoms with E-state index in [4.69, 9.17) is 0 Å². The number of piperazine rings is 1. The van der Waals surface area contributed by atoms with E-state index in [0.717, 1.165) is 43.4 Å². The molecule has 0 bridgehead atoms. The molecule has 1 N–H and O–H groups in total. The molecule has 1 fully saturated rings. The molecule has 0 saturated carbocycles. The normalized spacial score (nSPS) is 18.8. The second kappa shape index (κ2) is 7.14. The van der Waals surface area contributed by atoms with E-state index in [2.05, 4.69) is 32.2 Å². The van der Waals surface area contributed by atoms with Crippen LogP contribution in [0.3, 0.4) is 0 Å². The smallest absolute Gasteiger partial charge is 0.241 e. The van der Waals surface area contributed by atoms with Crippen LogP contribution in [0.1, 0.15) is 24.5 Å². The second-order valence-corrected chi connectivity index (χ2v) is 7.71. The van der Waals surface area contributed by atoms with E-state index in [1.54, 1.807) is 11.3 Å². The first-order valence-electron chi connectivity index (χ1n) is 9.02. The van der Waals surface area contributed by atoms with Crippen molar-refractivity contribution in [3.63, 3.8) is 0 Å². The minimum absolute atomic E-state index is 0.0839. The third-order valence-electron chi connectivity index (χ3n) is 5.30. The van der Waals surface area contributed by atoms with Crippen LogP contribution < -0.4 is 10.2 Å². The summed E-state index contributed by atoms with van der Waals surface area (Å²) in [4.78, 5) is 21.6. The molecule has 2 heterocycles. The number of aromatic nitrogens is 1. The zero-order valence-electron chi connectivity index (χ0n) is 14.6. The van der Waals surface area contributed by atoms with Gasteiger partial charge in [0.1, 0.15) is 0 Å². The summed E-state index contributed by atoms with van der Waals surface area (Å²) >= 11 is 1.67. The Labute approximate surface area is 152 Å². The van der Waals surface area contributed by atoms with Gasteiger partial charge < -0.3 is 10.2 Å². The van der Waals surface area contributed by atoms with Gasteiger partial charge in [-0.05, 0) is 49.4 Å². The Bertz CT molecular complexity index is 738. The Morgan fingerprint density at radius 3 is 2.76 bits per heavy atom. The van der Waals surface area contributed by atoms with Gasteiger partial charge in [0.2, 0.25) is 5.91 Å². The van der Waals surface area contributed by atoms with Crippen molar-refractivity contribution in [3.8, 4) is 0 Å². The van der Waals surface area contributed by atoms with Gasteiger partial charge in [0, 0.05) is 43.4 Å². The first-order valence-corrected chi connectivity index (χ1v) is 9.90. The highest BCUT2D eigenvalue weighted by atomic mass is 32.1. The van der Waals surface area contributed by atoms with Crippen LogP contribution >= 0.6 is 11.3 Å². The van der Waals surface area contributed by atoms with Crippen LogP contribution in [-0.4, -0.2) is 48.0 Å². The number of hydrogen-bond acceptors (Lipinski definition) is 5. The van der Waals surface area contributed by atoms with Gasteiger partial charge in [-0.3, -0.25) is 9.69 Å². The minimum atomic E-state index is -0.119. The molecule has 4 rings (SSSR count). The highest BCUT2D eigenvalue weighted by molar-refractivity contribution is 7.13. The van der Waals surface area contributed by atoms with Crippen LogP contribution in [0.5, 0.6) is 0 Å². The lowest BCUT2D eigenvalue weighted by molar-refractivity contribution is -0.120. The summed E-state index contributed by atoms with van der Waals surface area (Å²) in [5, 5.41) is 6.19. The van der Waals surface area contributed by atoms with Gasteiger partial charge in [0.25, 0.3) is 0 Å². The van der Waals surface area contributed by atoms with Crippen LogP contribution in [0.2, 0.25) is 0 Å². The molecule has 5 nitrogen and oxygen atoms in total. The topological polar surface area (TPSA) is 48.5 Å². The van der Waals surface area contributed by atoms with E-state index in [9.17, 15) is 4.79 Å². The summed E-state index contributed by atoms with van der Waals surface area (Å²) in [6.07, 6.45) is 5.38. The first-order chi connectivity index (χ1) is 12.2. The molecule has 132 valence electrons. The lowest BCUT2D eigenvalue weighted by Crippen LogP contribution is -2.52. The van der Waals surface area contributed by atoms with Gasteiger partial charge in [-0.25, -0.2) is 4.98 Å². The van der Waals surface area contributed by atoms with Crippen molar-refractivity contribution in [1.82, 2.24) is 9.88 Å². The van der Waals surface area contributed by atoms with E-state index in [1.165, 1.54) is 24.0 Å². The van der Waals surface area contributed by atoms with Crippen molar-refractivity contribution in [2.24, 2.45) is 0 Å². The van der Waals surface area contributed by atoms with Crippen molar-refractivity contribution in [2.75, 3.05) is 36.4 Å². The average molecular weight is 356 g/mol. The van der Waals surface area contributed by atoms with Crippen LogP contribution in [0.15, 0.2) is 29.8 Å². The number of carbonyl (C=O) groups is 1. The van der Waals surface area contributed by atoms with Crippen LogP contribution in [-0.2, 0) is 17.6 Å². The van der Waals surface area contributed by atoms with Crippen molar-refractivity contribution < 1.29 is 4.79 Å². The maximum Gasteiger partial charge on any atom is 0.241 e. The SMILES string of the molecule is CC(C(=O)Nc1ccc2c(c1)CCC2)N1CCN(c2nccs2)CC1. The van der Waals surface area contributed by atoms with Crippen molar-refractivity contribution >= 4 is 28.1 Å². The lowest BCUT2D eigenvalue weighted by atomic mass is 10.1. The number of rotatable bonds is 4. The molecule has 0 spiro atoms. The molecule has 25 heavy (non-hydrogen) atoms. The van der Waals surface area contributed by atoms with Gasteiger partial charge >= 0.3 is 0 Å². The molecule has 1 aromatic carbocycles. The second-order valence-electron chi connectivity index (χ2n) is 6.84. The van der Waals surface area contributed by atoms with Crippen molar-refractivity contribution in [1.29, 1.82) is 0 Å². The molecule has 1 aliphatic carbocycles. The molecule has 1 atom stereocenters. The van der Waals surface area contributed by atoms with Crippen LogP contribution in [0.25, 0.3) is 0 Å². The summed E-state index contributed by atoms with van der Waals surface area (Å²) < 4.78 is 0. The Kier molecular flexibility index (Phi) is 4.72. The molecular formula is C19H24N4OS. The predicted octanol–water partition coefficient (Wildman–Crippen LogP) is 2.78. The monoisotopic (exact) mass is 356 g/mol. The Morgan fingerprint density at radius 2 is 2.00 bits per heavy atom. The van der Waals surface area contributed by atoms with E-state index >= 15 is 0 Å². The van der Waals surface area contributed by atoms with Crippen LogP contribution in [0, 0.1) is 0 Å². The third kappa shape index (κ3) is 3.55. The summed E-state index contributed by atoms with van der Waals surface area (Å²) in [6.45, 7) is 5.62. The lowest BCUT2D eigenvalue weighted by Gasteiger charge is -2.37. The Morgan fingerprint density at radius 1 is 1.20 bits per heavy atom. The minimum Gasteiger partial charge on any atom is -0.346 e. The highest BCUT2D eigenvalue weighted by Gasteiger charge is 2.26. The number of benzene rings is 1. The number of nitrogens with zero attached hydrogens (tertiary/aromatic N) is 3. The molecule has 2 aliphatic rings. The van der Waals surface area contributed by atoms with Gasteiger partial charge in [-0.1, -0.05) is 6.07 Å². The van der Waals surface area contributed by atoms with Crippen molar-refractivity contribution in [2.45, 2.75) is 32.2 Å². The number of hydrogen-bond donors (Lipinski definition) is 1. The molecule has 2 aromatic rings. The number of nitrogens with one attached hydrogen (secondary N) is 1. The molecule has 1 amide bonds. The summed E-state index contributed by atoms with van der Waals surface area (Å²) in [5.74, 6) is 0.0839. The van der Waals surface area contributed by atoms with Gasteiger partial charge in [0.15, 0.2) is 5.13 Å². The van der Waals surface area contributed by atoms with Gasteiger partial charge in [-0.2, -0.15) is 0 Å². The molecule has 1 aliphatic heterocycles. The number of amides is 1. The Hall–Kier alpha value is -1.92. The zero-order chi connectivity index (χ0) is 17.2. The predicted molar refractivity (Wildman–Crippen MR) is 102 cm³/mol. The van der Waals surface area contributed by atoms with E-state index in [0.29, 0.717) is 0 Å². The Balaban J connectivity index is 1.33. The summed E-state index contributed by atoms with van der Waals surface area (Å²) in [6, 6.07) is 6.23. The van der Waals surface area contributed by atoms with E-state index < -0.39 is 0 Å². The largest absolute Gasteiger partial charge is 0.346 e. The molecule has 1 saturated heterocycles. The number of aryl methyl sites for hydroxylation is 2. The summed E-state index contributed by atoms with van der Waals surface area (Å²) in [5.41, 5.74) is 3.76. The quantitative estimate of drug-likeness (QED) is 0.915. The molecular weight excluding hydrogens is 332 g/mol. The number of anilines is 2. The van der Waals surface area contributed by atoms with Gasteiger partial charge in [-0.15, -0.1) is 11.3 Å². The zero-order valence-corrected chi connectivity index (χ0v) is 15.4. The number of thiazole rings is 1. The third-order valence-corrected chi connectivity index (χ3v) is 6.13. The first kappa shape index (κ1) is 16.5. The maximum absolute atomic E-state index is 12.6. The molecule has 1 aromatic heterocycles. The van der Waals surface area contributed by atoms with E-state index in [1.807, 2.05) is 24.6 Å². The molecule has 1 unspecified atom stereocenters. The average Bonchev–Trinajstić information content (AvgIpc) is 3.32. The van der Waals surface area contributed by atoms with Crippen LogP contribution in [0.4, 0.5) is 10.8 Å². The maximum atomic E-state index is 12.6. The number of fused-ring (bicyclic) bond motifs is 1. The summed E-state index contributed by atoms with van der Waals surface area (Å²) in [7, 11) is 0.